The smallest absolute Gasteiger partial charge is 0.311 e. The molecule has 0 saturated heterocycles. The van der Waals surface area contributed by atoms with E-state index in [1.54, 1.807) is 12.1 Å². The number of nitro benzene ring substituents is 1. The van der Waals surface area contributed by atoms with E-state index in [1.807, 2.05) is 30.3 Å². The number of aromatic nitrogens is 1. The van der Waals surface area contributed by atoms with Gasteiger partial charge in [0.1, 0.15) is 5.82 Å². The van der Waals surface area contributed by atoms with Crippen LogP contribution in [-0.2, 0) is 0 Å². The minimum Gasteiger partial charge on any atom is -0.490 e. The molecule has 9 heteroatoms. The first kappa shape index (κ1) is 21.1. The van der Waals surface area contributed by atoms with Gasteiger partial charge in [0, 0.05) is 17.2 Å². The molecule has 7 nitrogen and oxygen atoms in total. The van der Waals surface area contributed by atoms with Crippen molar-refractivity contribution in [2.24, 2.45) is 0 Å². The number of hydrogen-bond acceptors (Lipinski definition) is 6. The molecule has 0 bridgehead atoms. The van der Waals surface area contributed by atoms with Gasteiger partial charge in [-0.3, -0.25) is 20.2 Å². The van der Waals surface area contributed by atoms with Gasteiger partial charge in [-0.15, -0.1) is 0 Å². The van der Waals surface area contributed by atoms with E-state index in [2.05, 4.69) is 10.3 Å². The summed E-state index contributed by atoms with van der Waals surface area (Å²) < 4.78 is 18.4. The van der Waals surface area contributed by atoms with Gasteiger partial charge in [0.05, 0.1) is 22.6 Å². The Labute approximate surface area is 186 Å². The van der Waals surface area contributed by atoms with Crippen molar-refractivity contribution in [2.45, 2.75) is 0 Å². The van der Waals surface area contributed by atoms with Crippen molar-refractivity contribution in [2.75, 3.05) is 12.4 Å². The molecule has 1 heterocycles. The van der Waals surface area contributed by atoms with Crippen LogP contribution in [0.1, 0.15) is 10.4 Å². The highest BCUT2D eigenvalue weighted by Crippen LogP contribution is 2.39. The van der Waals surface area contributed by atoms with Crippen LogP contribution in [0.5, 0.6) is 5.75 Å². The first-order valence-corrected chi connectivity index (χ1v) is 10.2. The standard InChI is InChI=1S/C23H16FN3O4S/c1-31-19-12-9-16(13-18(19)27(29)30)22(28)26-23-25-20(14-7-10-17(24)11-8-14)21(32-23)15-5-3-2-4-6-15/h2-13H,1H3,(H,25,26,28). The highest BCUT2D eigenvalue weighted by Gasteiger charge is 2.20. The molecule has 4 rings (SSSR count). The molecule has 160 valence electrons. The third kappa shape index (κ3) is 4.33. The Morgan fingerprint density at radius 2 is 1.78 bits per heavy atom. The number of hydrogen-bond donors (Lipinski definition) is 1. The Bertz CT molecular complexity index is 1290. The van der Waals surface area contributed by atoms with E-state index in [4.69, 9.17) is 4.74 Å². The third-order valence-corrected chi connectivity index (χ3v) is 5.66. The number of ether oxygens (including phenoxy) is 1. The minimum atomic E-state index is -0.612. The molecule has 0 aliphatic rings. The maximum absolute atomic E-state index is 13.4. The number of thiazole rings is 1. The summed E-state index contributed by atoms with van der Waals surface area (Å²) in [6.07, 6.45) is 0. The molecule has 3 aromatic carbocycles. The Morgan fingerprint density at radius 3 is 2.44 bits per heavy atom. The van der Waals surface area contributed by atoms with Crippen LogP contribution in [-0.4, -0.2) is 22.9 Å². The van der Waals surface area contributed by atoms with Gasteiger partial charge in [0.2, 0.25) is 0 Å². The molecule has 1 aromatic heterocycles. The van der Waals surface area contributed by atoms with Crippen LogP contribution in [0.4, 0.5) is 15.2 Å². The summed E-state index contributed by atoms with van der Waals surface area (Å²) in [6.45, 7) is 0. The molecule has 4 aromatic rings. The van der Waals surface area contributed by atoms with Crippen LogP contribution in [0, 0.1) is 15.9 Å². The zero-order valence-corrected chi connectivity index (χ0v) is 17.6. The second kappa shape index (κ2) is 8.94. The van der Waals surface area contributed by atoms with Crippen molar-refractivity contribution in [3.63, 3.8) is 0 Å². The van der Waals surface area contributed by atoms with Gasteiger partial charge in [-0.1, -0.05) is 41.7 Å². The van der Waals surface area contributed by atoms with Crippen LogP contribution in [0.2, 0.25) is 0 Å². The summed E-state index contributed by atoms with van der Waals surface area (Å²) in [7, 11) is 1.32. The molecule has 0 saturated carbocycles. The molecular formula is C23H16FN3O4S. The highest BCUT2D eigenvalue weighted by atomic mass is 32.1. The first-order valence-electron chi connectivity index (χ1n) is 9.42. The second-order valence-electron chi connectivity index (χ2n) is 6.67. The summed E-state index contributed by atoms with van der Waals surface area (Å²) in [5, 5.41) is 14.3. The number of methoxy groups -OCH3 is 1. The SMILES string of the molecule is COc1ccc(C(=O)Nc2nc(-c3ccc(F)cc3)c(-c3ccccc3)s2)cc1[N+](=O)[O-]. The average molecular weight is 449 g/mol. The second-order valence-corrected chi connectivity index (χ2v) is 7.67. The predicted molar refractivity (Wildman–Crippen MR) is 121 cm³/mol. The highest BCUT2D eigenvalue weighted by molar-refractivity contribution is 7.19. The number of anilines is 1. The maximum Gasteiger partial charge on any atom is 0.311 e. The van der Waals surface area contributed by atoms with Gasteiger partial charge < -0.3 is 4.74 Å². The quantitative estimate of drug-likeness (QED) is 0.297. The molecular weight excluding hydrogens is 433 g/mol. The third-order valence-electron chi connectivity index (χ3n) is 4.64. The molecule has 0 fully saturated rings. The lowest BCUT2D eigenvalue weighted by molar-refractivity contribution is -0.385. The van der Waals surface area contributed by atoms with Crippen LogP contribution in [0.3, 0.4) is 0 Å². The summed E-state index contributed by atoms with van der Waals surface area (Å²) in [4.78, 5) is 28.8. The van der Waals surface area contributed by atoms with Crippen molar-refractivity contribution in [1.82, 2.24) is 4.98 Å². The average Bonchev–Trinajstić information content (AvgIpc) is 3.23. The van der Waals surface area contributed by atoms with Crippen LogP contribution < -0.4 is 10.1 Å². The van der Waals surface area contributed by atoms with Crippen molar-refractivity contribution < 1.29 is 18.8 Å². The van der Waals surface area contributed by atoms with E-state index < -0.39 is 10.8 Å². The number of carbonyl (C=O) groups excluding carboxylic acids is 1. The Balaban J connectivity index is 1.70. The minimum absolute atomic E-state index is 0.0609. The largest absolute Gasteiger partial charge is 0.490 e. The van der Waals surface area contributed by atoms with Gasteiger partial charge in [-0.25, -0.2) is 9.37 Å². The monoisotopic (exact) mass is 449 g/mol. The number of rotatable bonds is 6. The molecule has 32 heavy (non-hydrogen) atoms. The maximum atomic E-state index is 13.4. The zero-order chi connectivity index (χ0) is 22.7. The first-order chi connectivity index (χ1) is 15.5. The van der Waals surface area contributed by atoms with E-state index in [0.29, 0.717) is 16.4 Å². The van der Waals surface area contributed by atoms with Crippen LogP contribution >= 0.6 is 11.3 Å². The number of halogens is 1. The van der Waals surface area contributed by atoms with Crippen molar-refractivity contribution in [1.29, 1.82) is 0 Å². The lowest BCUT2D eigenvalue weighted by Gasteiger charge is -2.05. The number of nitrogens with zero attached hydrogens (tertiary/aromatic N) is 2. The van der Waals surface area contributed by atoms with Crippen LogP contribution in [0.15, 0.2) is 72.8 Å². The van der Waals surface area contributed by atoms with E-state index in [9.17, 15) is 19.3 Å². The Kier molecular flexibility index (Phi) is 5.91. The van der Waals surface area contributed by atoms with Crippen molar-refractivity contribution in [3.05, 3.63) is 94.3 Å². The molecule has 0 radical (unpaired) electrons. The zero-order valence-electron chi connectivity index (χ0n) is 16.7. The van der Waals surface area contributed by atoms with E-state index in [0.717, 1.165) is 16.5 Å². The number of nitrogens with one attached hydrogen (secondary N) is 1. The molecule has 0 aliphatic carbocycles. The van der Waals surface area contributed by atoms with E-state index in [1.165, 1.54) is 42.7 Å². The summed E-state index contributed by atoms with van der Waals surface area (Å²) in [5.74, 6) is -0.847. The summed E-state index contributed by atoms with van der Waals surface area (Å²) >= 11 is 1.26. The summed E-state index contributed by atoms with van der Waals surface area (Å²) in [5.41, 5.74) is 1.97. The Hall–Kier alpha value is -4.11. The fourth-order valence-electron chi connectivity index (χ4n) is 3.11. The molecule has 0 unspecified atom stereocenters. The fraction of sp³-hybridized carbons (Fsp3) is 0.0435. The number of benzene rings is 3. The Morgan fingerprint density at radius 1 is 1.06 bits per heavy atom. The van der Waals surface area contributed by atoms with Gasteiger partial charge >= 0.3 is 5.69 Å². The number of carbonyl (C=O) groups is 1. The van der Waals surface area contributed by atoms with Crippen LogP contribution in [0.25, 0.3) is 21.7 Å². The predicted octanol–water partition coefficient (Wildman–Crippen LogP) is 5.79. The number of amides is 1. The molecule has 0 spiro atoms. The molecule has 1 amide bonds. The normalized spacial score (nSPS) is 10.6. The fourth-order valence-corrected chi connectivity index (χ4v) is 4.09. The van der Waals surface area contributed by atoms with Gasteiger partial charge in [0.25, 0.3) is 5.91 Å². The van der Waals surface area contributed by atoms with E-state index in [-0.39, 0.29) is 22.8 Å². The topological polar surface area (TPSA) is 94.4 Å². The van der Waals surface area contributed by atoms with Crippen molar-refractivity contribution >= 4 is 28.1 Å². The lowest BCUT2D eigenvalue weighted by Crippen LogP contribution is -2.12. The lowest BCUT2D eigenvalue weighted by atomic mass is 10.1. The molecule has 0 aliphatic heterocycles. The van der Waals surface area contributed by atoms with Crippen molar-refractivity contribution in [3.8, 4) is 27.4 Å². The molecule has 0 atom stereocenters. The van der Waals surface area contributed by atoms with E-state index >= 15 is 0 Å². The number of nitro groups is 1. The summed E-state index contributed by atoms with van der Waals surface area (Å²) in [6, 6.07) is 19.4. The molecule has 1 N–H and O–H groups in total. The van der Waals surface area contributed by atoms with Gasteiger partial charge in [-0.2, -0.15) is 0 Å². The van der Waals surface area contributed by atoms with Gasteiger partial charge in [-0.05, 0) is 42.0 Å². The van der Waals surface area contributed by atoms with Gasteiger partial charge in [0.15, 0.2) is 10.9 Å².